The minimum Gasteiger partial charge on any atom is -0.455 e. The van der Waals surface area contributed by atoms with Gasteiger partial charge in [0, 0.05) is 31.4 Å². The van der Waals surface area contributed by atoms with Crippen LogP contribution in [0.3, 0.4) is 0 Å². The third-order valence-corrected chi connectivity index (χ3v) is 5.48. The molecule has 10 heteroatoms. The van der Waals surface area contributed by atoms with Gasteiger partial charge in [0.25, 0.3) is 5.91 Å². The highest BCUT2D eigenvalue weighted by atomic mass is 35.5. The molecule has 2 aliphatic rings. The summed E-state index contributed by atoms with van der Waals surface area (Å²) in [5.74, 6) is 1.02. The van der Waals surface area contributed by atoms with Crippen LogP contribution >= 0.6 is 23.2 Å². The number of fused-ring (bicyclic) bond motifs is 2. The van der Waals surface area contributed by atoms with Gasteiger partial charge in [0.05, 0.1) is 15.7 Å². The average molecular weight is 431 g/mol. The van der Waals surface area contributed by atoms with Crippen molar-refractivity contribution in [1.29, 1.82) is 0 Å². The summed E-state index contributed by atoms with van der Waals surface area (Å²) in [6.45, 7) is 1.73. The Balaban J connectivity index is 1.40. The van der Waals surface area contributed by atoms with E-state index in [1.807, 2.05) is 6.07 Å². The molecule has 0 saturated heterocycles. The molecule has 0 saturated carbocycles. The van der Waals surface area contributed by atoms with E-state index < -0.39 is 0 Å². The minimum absolute atomic E-state index is 0.0474. The number of carbonyl (C=O) groups excluding carboxylic acids is 1. The second kappa shape index (κ2) is 7.22. The predicted octanol–water partition coefficient (Wildman–Crippen LogP) is 3.50. The molecule has 8 nitrogen and oxygen atoms in total. The zero-order valence-electron chi connectivity index (χ0n) is 15.1. The lowest BCUT2D eigenvalue weighted by atomic mass is 10.1. The van der Waals surface area contributed by atoms with Gasteiger partial charge in [-0.05, 0) is 23.8 Å². The molecule has 0 unspecified atom stereocenters. The molecular weight excluding hydrogens is 415 g/mol. The molecule has 29 heavy (non-hydrogen) atoms. The van der Waals surface area contributed by atoms with Crippen molar-refractivity contribution in [3.63, 3.8) is 0 Å². The van der Waals surface area contributed by atoms with Gasteiger partial charge >= 0.3 is 0 Å². The second-order valence-electron chi connectivity index (χ2n) is 6.73. The largest absolute Gasteiger partial charge is 0.455 e. The number of benzene rings is 1. The number of nitrogens with one attached hydrogen (secondary N) is 3. The number of H-pyrrole nitrogens is 1. The normalized spacial score (nSPS) is 15.5. The number of aromatic amines is 1. The number of amides is 1. The van der Waals surface area contributed by atoms with E-state index in [1.54, 1.807) is 18.2 Å². The van der Waals surface area contributed by atoms with Gasteiger partial charge in [-0.2, -0.15) is 4.98 Å². The Morgan fingerprint density at radius 1 is 1.24 bits per heavy atom. The monoisotopic (exact) mass is 430 g/mol. The van der Waals surface area contributed by atoms with Crippen LogP contribution in [0.1, 0.15) is 21.6 Å². The van der Waals surface area contributed by atoms with E-state index in [0.29, 0.717) is 21.7 Å². The average Bonchev–Trinajstić information content (AvgIpc) is 3.11. The highest BCUT2D eigenvalue weighted by molar-refractivity contribution is 6.40. The highest BCUT2D eigenvalue weighted by Crippen LogP contribution is 2.37. The van der Waals surface area contributed by atoms with Crippen LogP contribution in [0.15, 0.2) is 30.5 Å². The smallest absolute Gasteiger partial charge is 0.268 e. The molecule has 2 aliphatic heterocycles. The third kappa shape index (κ3) is 3.29. The van der Waals surface area contributed by atoms with Crippen molar-refractivity contribution in [2.45, 2.75) is 13.0 Å². The first-order valence-corrected chi connectivity index (χ1v) is 9.80. The first-order chi connectivity index (χ1) is 14.1. The quantitative estimate of drug-likeness (QED) is 0.588. The molecule has 3 N–H and O–H groups in total. The number of ether oxygens (including phenoxy) is 1. The maximum atomic E-state index is 12.9. The van der Waals surface area contributed by atoms with Crippen molar-refractivity contribution in [1.82, 2.24) is 20.3 Å². The Bertz CT molecular complexity index is 1070. The fourth-order valence-electron chi connectivity index (χ4n) is 3.47. The van der Waals surface area contributed by atoms with Crippen LogP contribution in [0.2, 0.25) is 10.0 Å². The van der Waals surface area contributed by atoms with Crippen LogP contribution < -0.4 is 20.3 Å². The summed E-state index contributed by atoms with van der Waals surface area (Å²) in [5, 5.41) is 7.19. The first-order valence-electron chi connectivity index (χ1n) is 9.04. The fourth-order valence-corrected chi connectivity index (χ4v) is 4.07. The number of hydrogen-bond acceptors (Lipinski definition) is 6. The van der Waals surface area contributed by atoms with E-state index >= 15 is 0 Å². The zero-order chi connectivity index (χ0) is 20.0. The maximum absolute atomic E-state index is 12.9. The molecule has 1 aromatic carbocycles. The van der Waals surface area contributed by atoms with Crippen LogP contribution in [0.25, 0.3) is 0 Å². The van der Waals surface area contributed by atoms with Crippen molar-refractivity contribution in [2.24, 2.45) is 0 Å². The van der Waals surface area contributed by atoms with E-state index in [2.05, 4.69) is 25.6 Å². The SMILES string of the molecule is O=C1c2cnc(Nc3cc4c([nH]3)CCNC4)nc2OCN1c1c(Cl)cccc1Cl. The summed E-state index contributed by atoms with van der Waals surface area (Å²) in [7, 11) is 0. The van der Waals surface area contributed by atoms with Gasteiger partial charge in [-0.3, -0.25) is 9.69 Å². The number of para-hydroxylation sites is 1. The highest BCUT2D eigenvalue weighted by Gasteiger charge is 2.31. The molecule has 0 aliphatic carbocycles. The third-order valence-electron chi connectivity index (χ3n) is 4.87. The minimum atomic E-state index is -0.325. The summed E-state index contributed by atoms with van der Waals surface area (Å²) in [4.78, 5) is 26.3. The number of anilines is 3. The molecule has 0 fully saturated rings. The topological polar surface area (TPSA) is 95.2 Å². The van der Waals surface area contributed by atoms with Crippen LogP contribution in [0.5, 0.6) is 5.88 Å². The summed E-state index contributed by atoms with van der Waals surface area (Å²) in [6.07, 6.45) is 2.38. The van der Waals surface area contributed by atoms with Crippen molar-refractivity contribution in [3.8, 4) is 5.88 Å². The van der Waals surface area contributed by atoms with E-state index in [4.69, 9.17) is 27.9 Å². The van der Waals surface area contributed by atoms with Gasteiger partial charge < -0.3 is 20.4 Å². The number of halogens is 2. The standard InChI is InChI=1S/C19H16Cl2N6O2/c20-12-2-1-3-13(21)16(12)27-9-29-17-11(18(27)28)8-23-19(26-17)25-15-6-10-7-22-5-4-14(10)24-15/h1-3,6,8,22,24H,4-5,7,9H2,(H,23,25,26). The Morgan fingerprint density at radius 2 is 2.07 bits per heavy atom. The molecule has 2 aromatic heterocycles. The Kier molecular flexibility index (Phi) is 4.54. The Labute approximate surface area is 176 Å². The maximum Gasteiger partial charge on any atom is 0.268 e. The lowest BCUT2D eigenvalue weighted by Crippen LogP contribution is -2.39. The van der Waals surface area contributed by atoms with Crippen LogP contribution in [-0.4, -0.2) is 34.1 Å². The van der Waals surface area contributed by atoms with Gasteiger partial charge in [-0.25, -0.2) is 4.98 Å². The predicted molar refractivity (Wildman–Crippen MR) is 110 cm³/mol. The molecular formula is C19H16Cl2N6O2. The number of nitrogens with zero attached hydrogens (tertiary/aromatic N) is 3. The van der Waals surface area contributed by atoms with Crippen molar-refractivity contribution < 1.29 is 9.53 Å². The van der Waals surface area contributed by atoms with Crippen LogP contribution in [0.4, 0.5) is 17.5 Å². The van der Waals surface area contributed by atoms with E-state index in [1.165, 1.54) is 22.4 Å². The molecule has 0 atom stereocenters. The van der Waals surface area contributed by atoms with Crippen molar-refractivity contribution in [3.05, 3.63) is 57.3 Å². The molecule has 0 radical (unpaired) electrons. The van der Waals surface area contributed by atoms with Crippen molar-refractivity contribution in [2.75, 3.05) is 23.5 Å². The first kappa shape index (κ1) is 18.2. The second-order valence-corrected chi connectivity index (χ2v) is 7.54. The van der Waals surface area contributed by atoms with Crippen LogP contribution in [0, 0.1) is 0 Å². The van der Waals surface area contributed by atoms with Gasteiger partial charge in [0.15, 0.2) is 6.73 Å². The van der Waals surface area contributed by atoms with Gasteiger partial charge in [0.1, 0.15) is 11.4 Å². The Morgan fingerprint density at radius 3 is 2.86 bits per heavy atom. The molecule has 1 amide bonds. The lowest BCUT2D eigenvalue weighted by molar-refractivity contribution is 0.0932. The molecule has 0 spiro atoms. The van der Waals surface area contributed by atoms with E-state index in [9.17, 15) is 4.79 Å². The van der Waals surface area contributed by atoms with Gasteiger partial charge in [-0.15, -0.1) is 0 Å². The molecule has 3 aromatic rings. The van der Waals surface area contributed by atoms with Gasteiger partial charge in [-0.1, -0.05) is 29.3 Å². The summed E-state index contributed by atoms with van der Waals surface area (Å²) >= 11 is 12.5. The Hall–Kier alpha value is -2.81. The number of rotatable bonds is 3. The number of carbonyl (C=O) groups is 1. The van der Waals surface area contributed by atoms with Gasteiger partial charge in [0.2, 0.25) is 11.8 Å². The van der Waals surface area contributed by atoms with Crippen molar-refractivity contribution >= 4 is 46.6 Å². The zero-order valence-corrected chi connectivity index (χ0v) is 16.6. The lowest BCUT2D eigenvalue weighted by Gasteiger charge is -2.29. The number of aromatic nitrogens is 3. The summed E-state index contributed by atoms with van der Waals surface area (Å²) in [6, 6.07) is 7.07. The molecule has 0 bridgehead atoms. The van der Waals surface area contributed by atoms with E-state index in [0.717, 1.165) is 25.3 Å². The fraction of sp³-hybridized carbons (Fsp3) is 0.211. The molecule has 4 heterocycles. The number of hydrogen-bond donors (Lipinski definition) is 3. The summed E-state index contributed by atoms with van der Waals surface area (Å²) in [5.41, 5.74) is 3.06. The van der Waals surface area contributed by atoms with Crippen LogP contribution in [-0.2, 0) is 13.0 Å². The van der Waals surface area contributed by atoms with E-state index in [-0.39, 0.29) is 24.1 Å². The summed E-state index contributed by atoms with van der Waals surface area (Å²) < 4.78 is 5.71. The molecule has 5 rings (SSSR count). The molecule has 148 valence electrons.